The van der Waals surface area contributed by atoms with E-state index in [2.05, 4.69) is 10.5 Å². The van der Waals surface area contributed by atoms with Crippen molar-refractivity contribution in [1.29, 1.82) is 0 Å². The molecule has 1 N–H and O–H groups in total. The SMILES string of the molecule is COc1ccc(/C(C)=N/NC(=O)c2cc(C3CC3)nc3ccccc23)cc1. The summed E-state index contributed by atoms with van der Waals surface area (Å²) in [7, 11) is 1.63. The Hall–Kier alpha value is -3.21. The molecule has 4 rings (SSSR count). The van der Waals surface area contributed by atoms with Gasteiger partial charge in [0.05, 0.1) is 23.9 Å². The molecular formula is C22H21N3O2. The average molecular weight is 359 g/mol. The molecule has 0 spiro atoms. The number of hydrazone groups is 1. The molecule has 5 nitrogen and oxygen atoms in total. The number of nitrogens with zero attached hydrogens (tertiary/aromatic N) is 2. The maximum atomic E-state index is 12.8. The number of ether oxygens (including phenoxy) is 1. The average Bonchev–Trinajstić information content (AvgIpc) is 3.56. The van der Waals surface area contributed by atoms with E-state index >= 15 is 0 Å². The van der Waals surface area contributed by atoms with E-state index in [1.54, 1.807) is 7.11 Å². The Bertz CT molecular complexity index is 1020. The normalized spacial score (nSPS) is 14.2. The van der Waals surface area contributed by atoms with Crippen LogP contribution in [0.4, 0.5) is 0 Å². The number of rotatable bonds is 5. The summed E-state index contributed by atoms with van der Waals surface area (Å²) in [6, 6.07) is 17.2. The summed E-state index contributed by atoms with van der Waals surface area (Å²) in [5.74, 6) is 1.04. The van der Waals surface area contributed by atoms with Gasteiger partial charge in [-0.05, 0) is 61.7 Å². The molecule has 1 heterocycles. The minimum Gasteiger partial charge on any atom is -0.497 e. The molecule has 1 aliphatic rings. The standard InChI is InChI=1S/C22H21N3O2/c1-14(15-9-11-17(27-2)12-10-15)24-25-22(26)19-13-21(16-7-8-16)23-20-6-4-3-5-18(19)20/h3-6,9-13,16H,7-8H2,1-2H3,(H,25,26)/b24-14+. The summed E-state index contributed by atoms with van der Waals surface area (Å²) in [6.45, 7) is 1.86. The van der Waals surface area contributed by atoms with Gasteiger partial charge in [0.25, 0.3) is 5.91 Å². The van der Waals surface area contributed by atoms with Crippen LogP contribution in [0.25, 0.3) is 10.9 Å². The van der Waals surface area contributed by atoms with E-state index in [0.29, 0.717) is 11.5 Å². The van der Waals surface area contributed by atoms with Crippen LogP contribution in [0, 0.1) is 0 Å². The van der Waals surface area contributed by atoms with Crippen LogP contribution in [-0.2, 0) is 0 Å². The van der Waals surface area contributed by atoms with Crippen molar-refractivity contribution < 1.29 is 9.53 Å². The molecule has 136 valence electrons. The fourth-order valence-electron chi connectivity index (χ4n) is 3.06. The summed E-state index contributed by atoms with van der Waals surface area (Å²) in [5.41, 5.74) is 6.81. The number of aromatic nitrogens is 1. The van der Waals surface area contributed by atoms with Gasteiger partial charge in [0.1, 0.15) is 5.75 Å². The van der Waals surface area contributed by atoms with Gasteiger partial charge >= 0.3 is 0 Å². The minimum absolute atomic E-state index is 0.219. The molecule has 0 aliphatic heterocycles. The van der Waals surface area contributed by atoms with E-state index in [9.17, 15) is 4.79 Å². The summed E-state index contributed by atoms with van der Waals surface area (Å²) in [6.07, 6.45) is 2.28. The van der Waals surface area contributed by atoms with Gasteiger partial charge in [0, 0.05) is 17.0 Å². The van der Waals surface area contributed by atoms with Gasteiger partial charge < -0.3 is 4.74 Å². The fourth-order valence-corrected chi connectivity index (χ4v) is 3.06. The molecule has 0 radical (unpaired) electrons. The van der Waals surface area contributed by atoms with Gasteiger partial charge in [-0.25, -0.2) is 5.43 Å². The Labute approximate surface area is 158 Å². The molecule has 1 aliphatic carbocycles. The number of hydrogen-bond acceptors (Lipinski definition) is 4. The van der Waals surface area contributed by atoms with E-state index in [1.165, 1.54) is 0 Å². The molecule has 5 heteroatoms. The van der Waals surface area contributed by atoms with Crippen molar-refractivity contribution in [2.45, 2.75) is 25.7 Å². The number of amides is 1. The molecule has 27 heavy (non-hydrogen) atoms. The third-order valence-electron chi connectivity index (χ3n) is 4.81. The third kappa shape index (κ3) is 3.67. The zero-order valence-electron chi connectivity index (χ0n) is 15.4. The number of carbonyl (C=O) groups is 1. The van der Waals surface area contributed by atoms with Gasteiger partial charge in [0.2, 0.25) is 0 Å². The number of para-hydroxylation sites is 1. The van der Waals surface area contributed by atoms with Gasteiger partial charge in [-0.2, -0.15) is 5.10 Å². The highest BCUT2D eigenvalue weighted by Gasteiger charge is 2.26. The summed E-state index contributed by atoms with van der Waals surface area (Å²) in [5, 5.41) is 5.12. The van der Waals surface area contributed by atoms with Crippen LogP contribution < -0.4 is 10.2 Å². The predicted molar refractivity (Wildman–Crippen MR) is 106 cm³/mol. The highest BCUT2D eigenvalue weighted by Crippen LogP contribution is 2.40. The highest BCUT2D eigenvalue weighted by molar-refractivity contribution is 6.07. The molecule has 0 bridgehead atoms. The van der Waals surface area contributed by atoms with Crippen LogP contribution in [0.1, 0.15) is 47.3 Å². The Morgan fingerprint density at radius 3 is 2.59 bits per heavy atom. The number of methoxy groups -OCH3 is 1. The lowest BCUT2D eigenvalue weighted by Crippen LogP contribution is -2.20. The number of carbonyl (C=O) groups excluding carboxylic acids is 1. The van der Waals surface area contributed by atoms with E-state index in [0.717, 1.165) is 46.5 Å². The van der Waals surface area contributed by atoms with E-state index < -0.39 is 0 Å². The van der Waals surface area contributed by atoms with Crippen molar-refractivity contribution in [3.8, 4) is 5.75 Å². The Morgan fingerprint density at radius 2 is 1.89 bits per heavy atom. The van der Waals surface area contributed by atoms with Crippen LogP contribution >= 0.6 is 0 Å². The van der Waals surface area contributed by atoms with Gasteiger partial charge in [-0.1, -0.05) is 18.2 Å². The topological polar surface area (TPSA) is 63.6 Å². The smallest absolute Gasteiger partial charge is 0.272 e. The first-order chi connectivity index (χ1) is 13.2. The van der Waals surface area contributed by atoms with Crippen molar-refractivity contribution >= 4 is 22.5 Å². The van der Waals surface area contributed by atoms with Gasteiger partial charge in [-0.15, -0.1) is 0 Å². The maximum Gasteiger partial charge on any atom is 0.272 e. The maximum absolute atomic E-state index is 12.8. The quantitative estimate of drug-likeness (QED) is 0.546. The summed E-state index contributed by atoms with van der Waals surface area (Å²) in [4.78, 5) is 17.5. The third-order valence-corrected chi connectivity index (χ3v) is 4.81. The first-order valence-corrected chi connectivity index (χ1v) is 9.04. The molecule has 1 amide bonds. The minimum atomic E-state index is -0.219. The predicted octanol–water partition coefficient (Wildman–Crippen LogP) is 4.27. The first kappa shape index (κ1) is 17.2. The number of nitrogens with one attached hydrogen (secondary N) is 1. The van der Waals surface area contributed by atoms with Gasteiger partial charge in [-0.3, -0.25) is 9.78 Å². The summed E-state index contributed by atoms with van der Waals surface area (Å²) >= 11 is 0. The second kappa shape index (κ2) is 7.19. The molecular weight excluding hydrogens is 338 g/mol. The number of hydrogen-bond donors (Lipinski definition) is 1. The molecule has 3 aromatic rings. The van der Waals surface area contributed by atoms with E-state index in [-0.39, 0.29) is 5.91 Å². The zero-order chi connectivity index (χ0) is 18.8. The van der Waals surface area contributed by atoms with Crippen molar-refractivity contribution in [2.24, 2.45) is 5.10 Å². The second-order valence-electron chi connectivity index (χ2n) is 6.75. The lowest BCUT2D eigenvalue weighted by Gasteiger charge is -2.09. The molecule has 0 saturated heterocycles. The van der Waals surface area contributed by atoms with Gasteiger partial charge in [0.15, 0.2) is 0 Å². The van der Waals surface area contributed by atoms with Crippen molar-refractivity contribution in [1.82, 2.24) is 10.4 Å². The molecule has 0 unspecified atom stereocenters. The lowest BCUT2D eigenvalue weighted by atomic mass is 10.1. The van der Waals surface area contributed by atoms with Crippen LogP contribution in [0.15, 0.2) is 59.7 Å². The fraction of sp³-hybridized carbons (Fsp3) is 0.227. The van der Waals surface area contributed by atoms with Crippen LogP contribution in [0.3, 0.4) is 0 Å². The lowest BCUT2D eigenvalue weighted by molar-refractivity contribution is 0.0956. The van der Waals surface area contributed by atoms with Crippen molar-refractivity contribution in [3.63, 3.8) is 0 Å². The number of pyridine rings is 1. The summed E-state index contributed by atoms with van der Waals surface area (Å²) < 4.78 is 5.17. The van der Waals surface area contributed by atoms with Crippen LogP contribution in [0.2, 0.25) is 0 Å². The Morgan fingerprint density at radius 1 is 1.15 bits per heavy atom. The number of benzene rings is 2. The highest BCUT2D eigenvalue weighted by atomic mass is 16.5. The zero-order valence-corrected chi connectivity index (χ0v) is 15.4. The van der Waals surface area contributed by atoms with Crippen molar-refractivity contribution in [3.05, 3.63) is 71.4 Å². The Kier molecular flexibility index (Phi) is 4.59. The first-order valence-electron chi connectivity index (χ1n) is 9.04. The Balaban J connectivity index is 1.60. The van der Waals surface area contributed by atoms with E-state index in [1.807, 2.05) is 61.5 Å². The van der Waals surface area contributed by atoms with E-state index in [4.69, 9.17) is 9.72 Å². The van der Waals surface area contributed by atoms with Crippen LogP contribution in [0.5, 0.6) is 5.75 Å². The van der Waals surface area contributed by atoms with Crippen molar-refractivity contribution in [2.75, 3.05) is 7.11 Å². The van der Waals surface area contributed by atoms with Crippen LogP contribution in [-0.4, -0.2) is 23.7 Å². The molecule has 1 aromatic heterocycles. The molecule has 1 fully saturated rings. The second-order valence-corrected chi connectivity index (χ2v) is 6.75. The molecule has 2 aromatic carbocycles. The largest absolute Gasteiger partial charge is 0.497 e. The molecule has 0 atom stereocenters. The molecule has 1 saturated carbocycles. The number of fused-ring (bicyclic) bond motifs is 1. The monoisotopic (exact) mass is 359 g/mol.